The molecule has 3 heteroatoms. The molecule has 0 saturated carbocycles. The summed E-state index contributed by atoms with van der Waals surface area (Å²) in [6.07, 6.45) is 2.54. The van der Waals surface area contributed by atoms with Crippen molar-refractivity contribution in [2.75, 3.05) is 39.4 Å². The summed E-state index contributed by atoms with van der Waals surface area (Å²) in [6, 6.07) is 0.734. The molecule has 3 nitrogen and oxygen atoms in total. The van der Waals surface area contributed by atoms with Crippen molar-refractivity contribution in [3.05, 3.63) is 12.2 Å². The molecule has 1 rings (SSSR count). The highest BCUT2D eigenvalue weighted by atomic mass is 16.5. The summed E-state index contributed by atoms with van der Waals surface area (Å²) >= 11 is 0. The average Bonchev–Trinajstić information content (AvgIpc) is 2.27. The van der Waals surface area contributed by atoms with Crippen LogP contribution in [0.4, 0.5) is 0 Å². The second-order valence-electron chi connectivity index (χ2n) is 4.68. The Balaban J connectivity index is 2.01. The zero-order valence-electron chi connectivity index (χ0n) is 10.8. The van der Waals surface area contributed by atoms with Gasteiger partial charge in [-0.2, -0.15) is 0 Å². The molecule has 0 spiro atoms. The van der Waals surface area contributed by atoms with Gasteiger partial charge >= 0.3 is 0 Å². The zero-order chi connectivity index (χ0) is 11.8. The molecule has 0 amide bonds. The third-order valence-corrected chi connectivity index (χ3v) is 2.98. The van der Waals surface area contributed by atoms with Crippen molar-refractivity contribution >= 4 is 0 Å². The SMILES string of the molecule is C=C(C)COCCN1CCC(NCC)CC1. The summed E-state index contributed by atoms with van der Waals surface area (Å²) in [7, 11) is 0. The fourth-order valence-electron chi connectivity index (χ4n) is 2.09. The first-order chi connectivity index (χ1) is 7.72. The largest absolute Gasteiger partial charge is 0.376 e. The molecule has 0 atom stereocenters. The molecule has 1 saturated heterocycles. The number of hydrogen-bond donors (Lipinski definition) is 1. The van der Waals surface area contributed by atoms with Crippen molar-refractivity contribution in [1.82, 2.24) is 10.2 Å². The van der Waals surface area contributed by atoms with Crippen LogP contribution in [0.25, 0.3) is 0 Å². The lowest BCUT2D eigenvalue weighted by atomic mass is 10.1. The number of nitrogens with one attached hydrogen (secondary N) is 1. The van der Waals surface area contributed by atoms with Crippen LogP contribution in [0.5, 0.6) is 0 Å². The van der Waals surface area contributed by atoms with E-state index in [-0.39, 0.29) is 0 Å². The van der Waals surface area contributed by atoms with E-state index in [4.69, 9.17) is 4.74 Å². The molecule has 0 radical (unpaired) electrons. The standard InChI is InChI=1S/C13H26N2O/c1-4-14-13-5-7-15(8-6-13)9-10-16-11-12(2)3/h13-14H,2,4-11H2,1,3H3. The van der Waals surface area contributed by atoms with E-state index in [0.717, 1.165) is 31.3 Å². The normalized spacial score (nSPS) is 18.9. The first-order valence-electron chi connectivity index (χ1n) is 6.40. The molecule has 94 valence electrons. The Kier molecular flexibility index (Phi) is 6.69. The van der Waals surface area contributed by atoms with Gasteiger partial charge in [-0.3, -0.25) is 0 Å². The zero-order valence-corrected chi connectivity index (χ0v) is 10.8. The van der Waals surface area contributed by atoms with Crippen LogP contribution in [0, 0.1) is 0 Å². The number of ether oxygens (including phenoxy) is 1. The lowest BCUT2D eigenvalue weighted by Gasteiger charge is -2.32. The van der Waals surface area contributed by atoms with Crippen LogP contribution in [0.3, 0.4) is 0 Å². The van der Waals surface area contributed by atoms with E-state index >= 15 is 0 Å². The van der Waals surface area contributed by atoms with E-state index in [1.54, 1.807) is 0 Å². The van der Waals surface area contributed by atoms with Gasteiger partial charge in [0.2, 0.25) is 0 Å². The molecule has 1 aliphatic heterocycles. The highest BCUT2D eigenvalue weighted by Gasteiger charge is 2.17. The smallest absolute Gasteiger partial charge is 0.0672 e. The van der Waals surface area contributed by atoms with Crippen LogP contribution in [0.1, 0.15) is 26.7 Å². The van der Waals surface area contributed by atoms with Gasteiger partial charge in [0.1, 0.15) is 0 Å². The highest BCUT2D eigenvalue weighted by molar-refractivity contribution is 4.87. The predicted molar refractivity (Wildman–Crippen MR) is 68.8 cm³/mol. The van der Waals surface area contributed by atoms with Gasteiger partial charge in [0.25, 0.3) is 0 Å². The van der Waals surface area contributed by atoms with Gasteiger partial charge in [-0.1, -0.05) is 19.1 Å². The Bertz CT molecular complexity index is 198. The van der Waals surface area contributed by atoms with E-state index in [9.17, 15) is 0 Å². The number of nitrogens with zero attached hydrogens (tertiary/aromatic N) is 1. The van der Waals surface area contributed by atoms with Gasteiger partial charge in [-0.05, 0) is 39.4 Å². The molecular formula is C13H26N2O. The topological polar surface area (TPSA) is 24.5 Å². The van der Waals surface area contributed by atoms with Gasteiger partial charge in [-0.15, -0.1) is 0 Å². The Hall–Kier alpha value is -0.380. The molecule has 0 aromatic rings. The molecule has 1 N–H and O–H groups in total. The maximum atomic E-state index is 5.52. The van der Waals surface area contributed by atoms with Crippen LogP contribution < -0.4 is 5.32 Å². The van der Waals surface area contributed by atoms with Crippen molar-refractivity contribution in [3.63, 3.8) is 0 Å². The monoisotopic (exact) mass is 226 g/mol. The minimum Gasteiger partial charge on any atom is -0.376 e. The van der Waals surface area contributed by atoms with Crippen LogP contribution in [0.15, 0.2) is 12.2 Å². The van der Waals surface area contributed by atoms with Gasteiger partial charge < -0.3 is 15.0 Å². The van der Waals surface area contributed by atoms with E-state index < -0.39 is 0 Å². The maximum Gasteiger partial charge on any atom is 0.0672 e. The molecule has 0 bridgehead atoms. The first kappa shape index (κ1) is 13.7. The van der Waals surface area contributed by atoms with Gasteiger partial charge in [0.15, 0.2) is 0 Å². The van der Waals surface area contributed by atoms with Gasteiger partial charge in [-0.25, -0.2) is 0 Å². The van der Waals surface area contributed by atoms with Crippen molar-refractivity contribution in [2.24, 2.45) is 0 Å². The Labute approximate surface area is 99.8 Å². The van der Waals surface area contributed by atoms with E-state index in [2.05, 4.69) is 23.7 Å². The quantitative estimate of drug-likeness (QED) is 0.528. The van der Waals surface area contributed by atoms with Gasteiger partial charge in [0, 0.05) is 12.6 Å². The third kappa shape index (κ3) is 5.64. The fraction of sp³-hybridized carbons (Fsp3) is 0.846. The van der Waals surface area contributed by atoms with E-state index in [0.29, 0.717) is 6.61 Å². The lowest BCUT2D eigenvalue weighted by molar-refractivity contribution is 0.105. The molecule has 1 aliphatic rings. The molecule has 0 unspecified atom stereocenters. The average molecular weight is 226 g/mol. The van der Waals surface area contributed by atoms with Crippen molar-refractivity contribution in [3.8, 4) is 0 Å². The molecule has 1 heterocycles. The summed E-state index contributed by atoms with van der Waals surface area (Å²) in [5, 5.41) is 3.52. The van der Waals surface area contributed by atoms with Crippen molar-refractivity contribution in [1.29, 1.82) is 0 Å². The summed E-state index contributed by atoms with van der Waals surface area (Å²) < 4.78 is 5.52. The number of rotatable bonds is 7. The minimum absolute atomic E-state index is 0.702. The second-order valence-corrected chi connectivity index (χ2v) is 4.68. The third-order valence-electron chi connectivity index (χ3n) is 2.98. The molecule has 16 heavy (non-hydrogen) atoms. The molecule has 1 fully saturated rings. The molecule has 0 aromatic heterocycles. The number of likely N-dealkylation sites (tertiary alicyclic amines) is 1. The summed E-state index contributed by atoms with van der Waals surface area (Å²) in [6.45, 7) is 14.1. The number of hydrogen-bond acceptors (Lipinski definition) is 3. The van der Waals surface area contributed by atoms with E-state index in [1.165, 1.54) is 25.9 Å². The van der Waals surface area contributed by atoms with Crippen LogP contribution >= 0.6 is 0 Å². The van der Waals surface area contributed by atoms with Crippen molar-refractivity contribution < 1.29 is 4.74 Å². The van der Waals surface area contributed by atoms with Crippen molar-refractivity contribution in [2.45, 2.75) is 32.7 Å². The van der Waals surface area contributed by atoms with Gasteiger partial charge in [0.05, 0.1) is 13.2 Å². The molecule has 0 aliphatic carbocycles. The van der Waals surface area contributed by atoms with Crippen LogP contribution in [-0.4, -0.2) is 50.3 Å². The summed E-state index contributed by atoms with van der Waals surface area (Å²) in [4.78, 5) is 2.49. The first-order valence-corrected chi connectivity index (χ1v) is 6.40. The van der Waals surface area contributed by atoms with E-state index in [1.807, 2.05) is 6.92 Å². The van der Waals surface area contributed by atoms with Crippen LogP contribution in [0.2, 0.25) is 0 Å². The number of piperidine rings is 1. The Morgan fingerprint density at radius 1 is 1.44 bits per heavy atom. The Morgan fingerprint density at radius 3 is 2.69 bits per heavy atom. The molecular weight excluding hydrogens is 200 g/mol. The fourth-order valence-corrected chi connectivity index (χ4v) is 2.09. The Morgan fingerprint density at radius 2 is 2.12 bits per heavy atom. The second kappa shape index (κ2) is 7.82. The van der Waals surface area contributed by atoms with Crippen LogP contribution in [-0.2, 0) is 4.74 Å². The lowest BCUT2D eigenvalue weighted by Crippen LogP contribution is -2.43. The maximum absolute atomic E-state index is 5.52. The predicted octanol–water partition coefficient (Wildman–Crippen LogP) is 1.65. The summed E-state index contributed by atoms with van der Waals surface area (Å²) in [5.41, 5.74) is 1.10. The summed E-state index contributed by atoms with van der Waals surface area (Å²) in [5.74, 6) is 0. The minimum atomic E-state index is 0.702. The highest BCUT2D eigenvalue weighted by Crippen LogP contribution is 2.09. The molecule has 0 aromatic carbocycles.